The minimum Gasteiger partial charge on any atom is -0.268 e. The Labute approximate surface area is 126 Å². The summed E-state index contributed by atoms with van der Waals surface area (Å²) in [5.41, 5.74) is 1.23. The van der Waals surface area contributed by atoms with Gasteiger partial charge in [-0.15, -0.1) is 0 Å². The van der Waals surface area contributed by atoms with Crippen LogP contribution in [0.4, 0.5) is 0 Å². The Morgan fingerprint density at radius 2 is 1.55 bits per heavy atom. The van der Waals surface area contributed by atoms with Gasteiger partial charge in [0.15, 0.2) is 0 Å². The molecule has 2 aromatic carbocycles. The van der Waals surface area contributed by atoms with Gasteiger partial charge >= 0.3 is 0 Å². The highest BCUT2D eigenvalue weighted by Crippen LogP contribution is 2.13. The molecule has 0 atom stereocenters. The second-order valence-electron chi connectivity index (χ2n) is 4.25. The van der Waals surface area contributed by atoms with Crippen LogP contribution in [0.3, 0.4) is 0 Å². The molecule has 0 spiro atoms. The highest BCUT2D eigenvalue weighted by Gasteiger charge is 2.18. The minimum absolute atomic E-state index is 0.0635. The second-order valence-corrected chi connectivity index (χ2v) is 6.85. The number of amides is 1. The first-order valence-corrected chi connectivity index (χ1v) is 8.05. The zero-order valence-corrected chi connectivity index (χ0v) is 13.0. The van der Waals surface area contributed by atoms with Crippen molar-refractivity contribution in [1.82, 2.24) is 4.72 Å². The molecule has 4 nitrogen and oxygen atoms in total. The molecule has 0 aliphatic heterocycles. The van der Waals surface area contributed by atoms with Crippen molar-refractivity contribution in [3.8, 4) is 0 Å². The van der Waals surface area contributed by atoms with Gasteiger partial charge in [-0.3, -0.25) is 4.79 Å². The topological polar surface area (TPSA) is 63.2 Å². The van der Waals surface area contributed by atoms with Crippen LogP contribution in [0.5, 0.6) is 0 Å². The van der Waals surface area contributed by atoms with E-state index in [-0.39, 0.29) is 10.5 Å². The molecule has 20 heavy (non-hydrogen) atoms. The summed E-state index contributed by atoms with van der Waals surface area (Å²) >= 11 is 3.25. The largest absolute Gasteiger partial charge is 0.268 e. The lowest BCUT2D eigenvalue weighted by molar-refractivity contribution is 0.0981. The van der Waals surface area contributed by atoms with Crippen molar-refractivity contribution >= 4 is 31.9 Å². The van der Waals surface area contributed by atoms with Gasteiger partial charge in [0.25, 0.3) is 15.9 Å². The third-order valence-corrected chi connectivity index (χ3v) is 4.54. The molecule has 0 bridgehead atoms. The summed E-state index contributed by atoms with van der Waals surface area (Å²) in [7, 11) is -3.85. The van der Waals surface area contributed by atoms with E-state index in [9.17, 15) is 13.2 Å². The molecule has 1 amide bonds. The van der Waals surface area contributed by atoms with E-state index >= 15 is 0 Å². The minimum atomic E-state index is -3.85. The van der Waals surface area contributed by atoms with Crippen LogP contribution in [0.1, 0.15) is 15.9 Å². The Bertz CT molecular complexity index is 722. The Kier molecular flexibility index (Phi) is 4.25. The van der Waals surface area contributed by atoms with Crippen molar-refractivity contribution in [2.24, 2.45) is 0 Å². The Morgan fingerprint density at radius 1 is 1.00 bits per heavy atom. The smallest absolute Gasteiger partial charge is 0.264 e. The summed E-state index contributed by atoms with van der Waals surface area (Å²) in [6, 6.07) is 12.7. The number of halogens is 1. The number of carbonyl (C=O) groups is 1. The normalized spacial score (nSPS) is 11.1. The first kappa shape index (κ1) is 14.7. The number of carbonyl (C=O) groups excluding carboxylic acids is 1. The lowest BCUT2D eigenvalue weighted by Gasteiger charge is -2.07. The van der Waals surface area contributed by atoms with Crippen LogP contribution in [0.15, 0.2) is 57.9 Å². The molecule has 2 rings (SSSR count). The highest BCUT2D eigenvalue weighted by atomic mass is 79.9. The van der Waals surface area contributed by atoms with Crippen LogP contribution in [0, 0.1) is 6.92 Å². The molecule has 0 fully saturated rings. The van der Waals surface area contributed by atoms with Crippen LogP contribution in [0.2, 0.25) is 0 Å². The fourth-order valence-corrected chi connectivity index (χ4v) is 2.80. The maximum atomic E-state index is 12.1. The summed E-state index contributed by atoms with van der Waals surface area (Å²) in [4.78, 5) is 12.0. The number of nitrogens with one attached hydrogen (secondary N) is 1. The van der Waals surface area contributed by atoms with E-state index in [0.29, 0.717) is 0 Å². The Hall–Kier alpha value is -1.66. The molecular formula is C14H12BrNO3S. The maximum absolute atomic E-state index is 12.1. The van der Waals surface area contributed by atoms with Crippen molar-refractivity contribution in [1.29, 1.82) is 0 Å². The number of sulfonamides is 1. The standard InChI is InChI=1S/C14H12BrNO3S/c1-10-2-8-13(9-3-10)20(18,19)16-14(17)11-4-6-12(15)7-5-11/h2-9H,1H3,(H,16,17). The quantitative estimate of drug-likeness (QED) is 0.922. The summed E-state index contributed by atoms with van der Waals surface area (Å²) in [6.45, 7) is 1.86. The van der Waals surface area contributed by atoms with Gasteiger partial charge in [-0.25, -0.2) is 13.1 Å². The molecule has 1 N–H and O–H groups in total. The van der Waals surface area contributed by atoms with E-state index in [2.05, 4.69) is 15.9 Å². The number of hydrogen-bond acceptors (Lipinski definition) is 3. The number of rotatable bonds is 3. The Balaban J connectivity index is 2.22. The summed E-state index contributed by atoms with van der Waals surface area (Å²) in [5.74, 6) is -0.655. The summed E-state index contributed by atoms with van der Waals surface area (Å²) in [5, 5.41) is 0. The number of hydrogen-bond donors (Lipinski definition) is 1. The first-order chi connectivity index (χ1) is 9.38. The third-order valence-electron chi connectivity index (χ3n) is 2.66. The molecule has 0 radical (unpaired) electrons. The van der Waals surface area contributed by atoms with E-state index in [1.165, 1.54) is 12.1 Å². The highest BCUT2D eigenvalue weighted by molar-refractivity contribution is 9.10. The predicted octanol–water partition coefficient (Wildman–Crippen LogP) is 2.88. The molecule has 0 unspecified atom stereocenters. The molecule has 104 valence electrons. The molecule has 0 saturated carbocycles. The zero-order chi connectivity index (χ0) is 14.8. The summed E-state index contributed by atoms with van der Waals surface area (Å²) < 4.78 is 27.0. The van der Waals surface area contributed by atoms with Gasteiger partial charge < -0.3 is 0 Å². The molecule has 0 aliphatic rings. The van der Waals surface area contributed by atoms with Crippen molar-refractivity contribution in [2.45, 2.75) is 11.8 Å². The van der Waals surface area contributed by atoms with Crippen molar-refractivity contribution < 1.29 is 13.2 Å². The SMILES string of the molecule is Cc1ccc(S(=O)(=O)NC(=O)c2ccc(Br)cc2)cc1. The van der Waals surface area contributed by atoms with Gasteiger partial charge in [0.2, 0.25) is 0 Å². The van der Waals surface area contributed by atoms with Crippen molar-refractivity contribution in [2.75, 3.05) is 0 Å². The van der Waals surface area contributed by atoms with E-state index in [0.717, 1.165) is 10.0 Å². The molecule has 2 aromatic rings. The number of benzene rings is 2. The van der Waals surface area contributed by atoms with Gasteiger partial charge in [0.05, 0.1) is 4.90 Å². The lowest BCUT2D eigenvalue weighted by atomic mass is 10.2. The average molecular weight is 354 g/mol. The van der Waals surface area contributed by atoms with Crippen molar-refractivity contribution in [3.63, 3.8) is 0 Å². The molecule has 6 heteroatoms. The van der Waals surface area contributed by atoms with Crippen LogP contribution in [-0.4, -0.2) is 14.3 Å². The van der Waals surface area contributed by atoms with Gasteiger partial charge in [-0.2, -0.15) is 0 Å². The molecule has 0 aliphatic carbocycles. The Morgan fingerprint density at radius 3 is 2.10 bits per heavy atom. The van der Waals surface area contributed by atoms with E-state index in [1.54, 1.807) is 36.4 Å². The van der Waals surface area contributed by atoms with E-state index in [1.807, 2.05) is 11.6 Å². The summed E-state index contributed by atoms with van der Waals surface area (Å²) in [6.07, 6.45) is 0. The molecule has 0 heterocycles. The predicted molar refractivity (Wildman–Crippen MR) is 80.0 cm³/mol. The second kappa shape index (κ2) is 5.76. The molecule has 0 aromatic heterocycles. The van der Waals surface area contributed by atoms with Crippen LogP contribution in [0.25, 0.3) is 0 Å². The third kappa shape index (κ3) is 3.46. The molecule has 0 saturated heterocycles. The maximum Gasteiger partial charge on any atom is 0.264 e. The van der Waals surface area contributed by atoms with Gasteiger partial charge in [0, 0.05) is 10.0 Å². The molecular weight excluding hydrogens is 342 g/mol. The van der Waals surface area contributed by atoms with E-state index < -0.39 is 15.9 Å². The van der Waals surface area contributed by atoms with Gasteiger partial charge in [0.1, 0.15) is 0 Å². The number of aryl methyl sites for hydroxylation is 1. The fourth-order valence-electron chi connectivity index (χ4n) is 1.56. The van der Waals surface area contributed by atoms with Crippen molar-refractivity contribution in [3.05, 3.63) is 64.1 Å². The lowest BCUT2D eigenvalue weighted by Crippen LogP contribution is -2.30. The van der Waals surface area contributed by atoms with Gasteiger partial charge in [-0.05, 0) is 43.3 Å². The van der Waals surface area contributed by atoms with Crippen LogP contribution < -0.4 is 4.72 Å². The fraction of sp³-hybridized carbons (Fsp3) is 0.0714. The van der Waals surface area contributed by atoms with Gasteiger partial charge in [-0.1, -0.05) is 33.6 Å². The zero-order valence-electron chi connectivity index (χ0n) is 10.6. The first-order valence-electron chi connectivity index (χ1n) is 5.78. The average Bonchev–Trinajstić information content (AvgIpc) is 2.39. The van der Waals surface area contributed by atoms with Crippen LogP contribution in [-0.2, 0) is 10.0 Å². The monoisotopic (exact) mass is 353 g/mol. The van der Waals surface area contributed by atoms with Crippen LogP contribution >= 0.6 is 15.9 Å². The van der Waals surface area contributed by atoms with E-state index in [4.69, 9.17) is 0 Å².